The van der Waals surface area contributed by atoms with Crippen LogP contribution in [0.5, 0.6) is 0 Å². The number of nitrogens with one attached hydrogen (secondary N) is 2. The van der Waals surface area contributed by atoms with E-state index in [4.69, 9.17) is 5.21 Å². The molecule has 6 heteroatoms. The van der Waals surface area contributed by atoms with E-state index < -0.39 is 5.91 Å². The first-order valence-corrected chi connectivity index (χ1v) is 7.71. The summed E-state index contributed by atoms with van der Waals surface area (Å²) in [6, 6.07) is 15.8. The standard InChI is InChI=1S/C16H15N3O2S/c20-16(19-21)15-9-8-14(22-15)13-10-12(17-18-13)7-6-11-4-2-1-3-5-11/h1-5,8-10,21H,6-7H2,(H,17,18)(H,19,20). The van der Waals surface area contributed by atoms with Crippen LogP contribution in [-0.2, 0) is 12.8 Å². The average Bonchev–Trinajstić information content (AvgIpc) is 3.22. The summed E-state index contributed by atoms with van der Waals surface area (Å²) in [5, 5.41) is 16.0. The molecule has 3 aromatic rings. The van der Waals surface area contributed by atoms with Crippen LogP contribution in [0.2, 0.25) is 0 Å². The summed E-state index contributed by atoms with van der Waals surface area (Å²) in [4.78, 5) is 12.7. The molecule has 0 bridgehead atoms. The normalized spacial score (nSPS) is 10.6. The van der Waals surface area contributed by atoms with E-state index in [0.29, 0.717) is 4.88 Å². The lowest BCUT2D eigenvalue weighted by Crippen LogP contribution is -2.16. The predicted molar refractivity (Wildman–Crippen MR) is 85.0 cm³/mol. The summed E-state index contributed by atoms with van der Waals surface area (Å²) in [5.41, 5.74) is 4.79. The van der Waals surface area contributed by atoms with Gasteiger partial charge in [-0.1, -0.05) is 30.3 Å². The number of amides is 1. The lowest BCUT2D eigenvalue weighted by atomic mass is 10.1. The van der Waals surface area contributed by atoms with Crippen LogP contribution in [0, 0.1) is 0 Å². The molecule has 1 aromatic carbocycles. The number of benzene rings is 1. The lowest BCUT2D eigenvalue weighted by Gasteiger charge is -1.98. The largest absolute Gasteiger partial charge is 0.288 e. The minimum absolute atomic E-state index is 0.450. The van der Waals surface area contributed by atoms with E-state index >= 15 is 0 Å². The molecule has 0 aliphatic rings. The van der Waals surface area contributed by atoms with Crippen molar-refractivity contribution in [3.05, 3.63) is 64.7 Å². The van der Waals surface area contributed by atoms with E-state index in [9.17, 15) is 4.79 Å². The van der Waals surface area contributed by atoms with Gasteiger partial charge in [0.1, 0.15) is 5.69 Å². The average molecular weight is 313 g/mol. The second-order valence-corrected chi connectivity index (χ2v) is 5.95. The van der Waals surface area contributed by atoms with Crippen LogP contribution in [0.25, 0.3) is 10.6 Å². The highest BCUT2D eigenvalue weighted by atomic mass is 32.1. The van der Waals surface area contributed by atoms with Gasteiger partial charge in [-0.2, -0.15) is 5.10 Å². The molecule has 1 amide bonds. The number of aromatic nitrogens is 2. The molecule has 5 nitrogen and oxygen atoms in total. The van der Waals surface area contributed by atoms with Gasteiger partial charge in [0.15, 0.2) is 0 Å². The smallest absolute Gasteiger partial charge is 0.284 e. The van der Waals surface area contributed by atoms with Gasteiger partial charge in [-0.05, 0) is 36.6 Å². The summed E-state index contributed by atoms with van der Waals surface area (Å²) >= 11 is 1.29. The Morgan fingerprint density at radius 3 is 2.77 bits per heavy atom. The van der Waals surface area contributed by atoms with Gasteiger partial charge in [-0.25, -0.2) is 5.48 Å². The van der Waals surface area contributed by atoms with Gasteiger partial charge in [-0.3, -0.25) is 15.1 Å². The number of hydroxylamine groups is 1. The zero-order chi connectivity index (χ0) is 15.4. The molecule has 0 aliphatic heterocycles. The third kappa shape index (κ3) is 3.24. The zero-order valence-electron chi connectivity index (χ0n) is 11.7. The number of hydrogen-bond donors (Lipinski definition) is 3. The molecule has 0 unspecified atom stereocenters. The van der Waals surface area contributed by atoms with E-state index in [2.05, 4.69) is 22.3 Å². The van der Waals surface area contributed by atoms with Gasteiger partial charge < -0.3 is 0 Å². The van der Waals surface area contributed by atoms with Crippen molar-refractivity contribution < 1.29 is 10.0 Å². The van der Waals surface area contributed by atoms with Crippen molar-refractivity contribution >= 4 is 17.2 Å². The molecular formula is C16H15N3O2S. The highest BCUT2D eigenvalue weighted by Gasteiger charge is 2.11. The molecule has 3 rings (SSSR count). The van der Waals surface area contributed by atoms with E-state index in [0.717, 1.165) is 29.1 Å². The minimum Gasteiger partial charge on any atom is -0.288 e. The summed E-state index contributed by atoms with van der Waals surface area (Å²) in [7, 11) is 0. The second kappa shape index (κ2) is 6.55. The Kier molecular flexibility index (Phi) is 4.32. The number of rotatable bonds is 5. The van der Waals surface area contributed by atoms with Crippen LogP contribution in [0.4, 0.5) is 0 Å². The number of aryl methyl sites for hydroxylation is 2. The van der Waals surface area contributed by atoms with Crippen LogP contribution in [0.15, 0.2) is 48.5 Å². The van der Waals surface area contributed by atoms with Gasteiger partial charge >= 0.3 is 0 Å². The molecule has 2 aromatic heterocycles. The highest BCUT2D eigenvalue weighted by Crippen LogP contribution is 2.27. The fourth-order valence-electron chi connectivity index (χ4n) is 2.19. The molecule has 0 radical (unpaired) electrons. The molecule has 22 heavy (non-hydrogen) atoms. The van der Waals surface area contributed by atoms with Crippen LogP contribution in [-0.4, -0.2) is 21.3 Å². The number of hydrogen-bond acceptors (Lipinski definition) is 4. The number of thiophene rings is 1. The molecule has 0 saturated carbocycles. The van der Waals surface area contributed by atoms with Crippen LogP contribution < -0.4 is 5.48 Å². The van der Waals surface area contributed by atoms with Crippen LogP contribution >= 0.6 is 11.3 Å². The molecular weight excluding hydrogens is 298 g/mol. The number of carbonyl (C=O) groups is 1. The van der Waals surface area contributed by atoms with E-state index in [1.165, 1.54) is 16.9 Å². The van der Waals surface area contributed by atoms with Crippen molar-refractivity contribution in [2.45, 2.75) is 12.8 Å². The van der Waals surface area contributed by atoms with E-state index in [1.807, 2.05) is 30.3 Å². The maximum atomic E-state index is 11.3. The van der Waals surface area contributed by atoms with Crippen molar-refractivity contribution in [1.82, 2.24) is 15.7 Å². The first kappa shape index (κ1) is 14.5. The first-order chi connectivity index (χ1) is 10.8. The third-order valence-electron chi connectivity index (χ3n) is 3.34. The van der Waals surface area contributed by atoms with Gasteiger partial charge in [0.25, 0.3) is 5.91 Å². The predicted octanol–water partition coefficient (Wildman–Crippen LogP) is 3.04. The van der Waals surface area contributed by atoms with Crippen molar-refractivity contribution in [2.24, 2.45) is 0 Å². The van der Waals surface area contributed by atoms with Gasteiger partial charge in [0.05, 0.1) is 9.75 Å². The number of nitrogens with zero attached hydrogens (tertiary/aromatic N) is 1. The summed E-state index contributed by atoms with van der Waals surface area (Å²) in [6.07, 6.45) is 1.83. The van der Waals surface area contributed by atoms with Crippen molar-refractivity contribution in [1.29, 1.82) is 0 Å². The Labute approximate surface area is 131 Å². The molecule has 0 fully saturated rings. The summed E-state index contributed by atoms with van der Waals surface area (Å²) < 4.78 is 0. The minimum atomic E-state index is -0.504. The van der Waals surface area contributed by atoms with Crippen molar-refractivity contribution in [3.8, 4) is 10.6 Å². The maximum Gasteiger partial charge on any atom is 0.284 e. The lowest BCUT2D eigenvalue weighted by molar-refractivity contribution is 0.0711. The molecule has 112 valence electrons. The fraction of sp³-hybridized carbons (Fsp3) is 0.125. The molecule has 0 spiro atoms. The first-order valence-electron chi connectivity index (χ1n) is 6.89. The summed E-state index contributed by atoms with van der Waals surface area (Å²) in [5.74, 6) is -0.504. The quantitative estimate of drug-likeness (QED) is 0.500. The Morgan fingerprint density at radius 2 is 2.00 bits per heavy atom. The Bertz CT molecular complexity index is 765. The number of aromatic amines is 1. The van der Waals surface area contributed by atoms with Crippen LogP contribution in [0.1, 0.15) is 20.9 Å². The Hall–Kier alpha value is -2.44. The van der Waals surface area contributed by atoms with Gasteiger partial charge in [0, 0.05) is 5.69 Å². The van der Waals surface area contributed by atoms with E-state index in [1.54, 1.807) is 11.5 Å². The van der Waals surface area contributed by atoms with E-state index in [-0.39, 0.29) is 0 Å². The van der Waals surface area contributed by atoms with Gasteiger partial charge in [-0.15, -0.1) is 11.3 Å². The van der Waals surface area contributed by atoms with Crippen molar-refractivity contribution in [2.75, 3.05) is 0 Å². The number of carbonyl (C=O) groups excluding carboxylic acids is 1. The molecule has 3 N–H and O–H groups in total. The third-order valence-corrected chi connectivity index (χ3v) is 4.45. The SMILES string of the molecule is O=C(NO)c1ccc(-c2cc(CCc3ccccc3)[nH]n2)s1. The van der Waals surface area contributed by atoms with Crippen molar-refractivity contribution in [3.63, 3.8) is 0 Å². The number of H-pyrrole nitrogens is 1. The highest BCUT2D eigenvalue weighted by molar-refractivity contribution is 7.17. The monoisotopic (exact) mass is 313 g/mol. The molecule has 0 atom stereocenters. The Morgan fingerprint density at radius 1 is 1.18 bits per heavy atom. The molecule has 0 aliphatic carbocycles. The summed E-state index contributed by atoms with van der Waals surface area (Å²) in [6.45, 7) is 0. The fourth-order valence-corrected chi connectivity index (χ4v) is 3.05. The topological polar surface area (TPSA) is 78.0 Å². The Balaban J connectivity index is 1.68. The zero-order valence-corrected chi connectivity index (χ0v) is 12.6. The van der Waals surface area contributed by atoms with Gasteiger partial charge in [0.2, 0.25) is 0 Å². The molecule has 2 heterocycles. The second-order valence-electron chi connectivity index (χ2n) is 4.87. The molecule has 0 saturated heterocycles. The maximum absolute atomic E-state index is 11.3. The van der Waals surface area contributed by atoms with Crippen LogP contribution in [0.3, 0.4) is 0 Å².